The maximum absolute atomic E-state index is 6.12. The van der Waals surface area contributed by atoms with E-state index in [0.29, 0.717) is 6.61 Å². The minimum atomic E-state index is 0.0210. The summed E-state index contributed by atoms with van der Waals surface area (Å²) in [5, 5.41) is 8.75. The number of morpholine rings is 1. The summed E-state index contributed by atoms with van der Waals surface area (Å²) >= 11 is 6.12. The molecule has 0 bridgehead atoms. The fourth-order valence-electron chi connectivity index (χ4n) is 4.65. The van der Waals surface area contributed by atoms with E-state index in [1.807, 2.05) is 43.3 Å². The Balaban J connectivity index is 1.45. The standard InChI is InChI=1S/C22H30ClN5O/c1-24-21(28-11-12-29-20(15-28)17-13-26-27(2)14-17)25-16-22(9-3-4-10-22)18-5-7-19(23)8-6-18/h5-8,13-14,20H,3-4,9-12,15-16H2,1-2H3,(H,24,25). The van der Waals surface area contributed by atoms with E-state index in [4.69, 9.17) is 16.3 Å². The first-order chi connectivity index (χ1) is 14.1. The Hall–Kier alpha value is -2.05. The third kappa shape index (κ3) is 4.43. The highest BCUT2D eigenvalue weighted by Gasteiger charge is 2.36. The van der Waals surface area contributed by atoms with Crippen molar-refractivity contribution in [2.45, 2.75) is 37.2 Å². The molecule has 0 spiro atoms. The molecule has 1 N–H and O–H groups in total. The summed E-state index contributed by atoms with van der Waals surface area (Å²) in [5.41, 5.74) is 2.63. The zero-order valence-corrected chi connectivity index (χ0v) is 18.0. The zero-order chi connectivity index (χ0) is 20.3. The van der Waals surface area contributed by atoms with E-state index in [9.17, 15) is 0 Å². The number of nitrogens with zero attached hydrogens (tertiary/aromatic N) is 4. The zero-order valence-electron chi connectivity index (χ0n) is 17.3. The molecular weight excluding hydrogens is 386 g/mol. The van der Waals surface area contributed by atoms with Gasteiger partial charge < -0.3 is 15.0 Å². The van der Waals surface area contributed by atoms with Gasteiger partial charge in [-0.15, -0.1) is 0 Å². The molecule has 1 aliphatic heterocycles. The van der Waals surface area contributed by atoms with Crippen molar-refractivity contribution in [3.8, 4) is 0 Å². The number of hydrogen-bond acceptors (Lipinski definition) is 3. The van der Waals surface area contributed by atoms with Crippen LogP contribution in [0.2, 0.25) is 5.02 Å². The normalized spacial score (nSPS) is 22.1. The van der Waals surface area contributed by atoms with Gasteiger partial charge in [0.1, 0.15) is 6.10 Å². The van der Waals surface area contributed by atoms with Crippen LogP contribution in [0.1, 0.15) is 42.9 Å². The number of aromatic nitrogens is 2. The van der Waals surface area contributed by atoms with Gasteiger partial charge in [-0.3, -0.25) is 9.67 Å². The fourth-order valence-corrected chi connectivity index (χ4v) is 4.78. The van der Waals surface area contributed by atoms with Crippen LogP contribution >= 0.6 is 11.6 Å². The van der Waals surface area contributed by atoms with Crippen LogP contribution in [-0.2, 0) is 17.2 Å². The van der Waals surface area contributed by atoms with Crippen LogP contribution < -0.4 is 5.32 Å². The number of aliphatic imine (C=N–C) groups is 1. The van der Waals surface area contributed by atoms with Crippen LogP contribution in [0.3, 0.4) is 0 Å². The van der Waals surface area contributed by atoms with Gasteiger partial charge in [0.15, 0.2) is 5.96 Å². The van der Waals surface area contributed by atoms with Gasteiger partial charge in [-0.25, -0.2) is 0 Å². The molecule has 1 aromatic carbocycles. The van der Waals surface area contributed by atoms with Gasteiger partial charge in [-0.2, -0.15) is 5.10 Å². The van der Waals surface area contributed by atoms with Crippen LogP contribution in [0.15, 0.2) is 41.7 Å². The highest BCUT2D eigenvalue weighted by atomic mass is 35.5. The van der Waals surface area contributed by atoms with Crippen molar-refractivity contribution in [2.75, 3.05) is 33.3 Å². The second kappa shape index (κ2) is 8.76. The average Bonchev–Trinajstić information content (AvgIpc) is 3.39. The predicted molar refractivity (Wildman–Crippen MR) is 116 cm³/mol. The Morgan fingerprint density at radius 2 is 2.07 bits per heavy atom. The summed E-state index contributed by atoms with van der Waals surface area (Å²) in [5.74, 6) is 0.947. The first-order valence-corrected chi connectivity index (χ1v) is 10.8. The highest BCUT2D eigenvalue weighted by Crippen LogP contribution is 2.41. The van der Waals surface area contributed by atoms with Crippen LogP contribution in [0.4, 0.5) is 0 Å². The second-order valence-corrected chi connectivity index (χ2v) is 8.58. The summed E-state index contributed by atoms with van der Waals surface area (Å²) in [6, 6.07) is 8.38. The topological polar surface area (TPSA) is 54.7 Å². The van der Waals surface area contributed by atoms with Gasteiger partial charge in [-0.05, 0) is 30.5 Å². The molecule has 0 radical (unpaired) electrons. The van der Waals surface area contributed by atoms with E-state index >= 15 is 0 Å². The van der Waals surface area contributed by atoms with Crippen LogP contribution in [0.5, 0.6) is 0 Å². The molecule has 29 heavy (non-hydrogen) atoms. The molecule has 1 saturated carbocycles. The molecule has 1 saturated heterocycles. The van der Waals surface area contributed by atoms with Crippen LogP contribution in [0.25, 0.3) is 0 Å². The van der Waals surface area contributed by atoms with Crippen molar-refractivity contribution in [3.63, 3.8) is 0 Å². The van der Waals surface area contributed by atoms with Crippen LogP contribution in [-0.4, -0.2) is 53.9 Å². The first-order valence-electron chi connectivity index (χ1n) is 10.4. The molecule has 1 atom stereocenters. The summed E-state index contributed by atoms with van der Waals surface area (Å²) in [6.07, 6.45) is 8.86. The molecule has 1 aliphatic carbocycles. The number of rotatable bonds is 4. The molecule has 4 rings (SSSR count). The first kappa shape index (κ1) is 20.2. The third-order valence-electron chi connectivity index (χ3n) is 6.28. The lowest BCUT2D eigenvalue weighted by Crippen LogP contribution is -2.51. The van der Waals surface area contributed by atoms with E-state index in [0.717, 1.165) is 36.2 Å². The smallest absolute Gasteiger partial charge is 0.193 e. The van der Waals surface area contributed by atoms with Crippen molar-refractivity contribution >= 4 is 17.6 Å². The quantitative estimate of drug-likeness (QED) is 0.613. The Morgan fingerprint density at radius 3 is 2.72 bits per heavy atom. The largest absolute Gasteiger partial charge is 0.370 e. The summed E-state index contributed by atoms with van der Waals surface area (Å²) in [6.45, 7) is 3.18. The molecule has 1 aromatic heterocycles. The maximum atomic E-state index is 6.12. The number of guanidine groups is 1. The molecule has 1 unspecified atom stereocenters. The number of aryl methyl sites for hydroxylation is 1. The molecular formula is C22H30ClN5O. The number of hydrogen-bond donors (Lipinski definition) is 1. The third-order valence-corrected chi connectivity index (χ3v) is 6.53. The van der Waals surface area contributed by atoms with Crippen LogP contribution in [0, 0.1) is 0 Å². The molecule has 2 aliphatic rings. The summed E-state index contributed by atoms with van der Waals surface area (Å²) < 4.78 is 7.81. The Bertz CT molecular complexity index is 841. The minimum Gasteiger partial charge on any atom is -0.370 e. The average molecular weight is 416 g/mol. The molecule has 2 heterocycles. The molecule has 7 heteroatoms. The van der Waals surface area contributed by atoms with Gasteiger partial charge in [0.25, 0.3) is 0 Å². The lowest BCUT2D eigenvalue weighted by Gasteiger charge is -2.37. The molecule has 0 amide bonds. The second-order valence-electron chi connectivity index (χ2n) is 8.15. The van der Waals surface area contributed by atoms with E-state index < -0.39 is 0 Å². The summed E-state index contributed by atoms with van der Waals surface area (Å²) in [7, 11) is 3.79. The fraction of sp³-hybridized carbons (Fsp3) is 0.545. The van der Waals surface area contributed by atoms with E-state index in [-0.39, 0.29) is 11.5 Å². The van der Waals surface area contributed by atoms with Crippen molar-refractivity contribution in [2.24, 2.45) is 12.0 Å². The number of ether oxygens (including phenoxy) is 1. The molecule has 156 valence electrons. The van der Waals surface area contributed by atoms with Gasteiger partial charge in [0.05, 0.1) is 19.3 Å². The van der Waals surface area contributed by atoms with Crippen molar-refractivity contribution < 1.29 is 4.74 Å². The number of halogens is 1. The predicted octanol–water partition coefficient (Wildman–Crippen LogP) is 3.53. The molecule has 2 aromatic rings. The number of benzene rings is 1. The van der Waals surface area contributed by atoms with E-state index in [2.05, 4.69) is 32.4 Å². The van der Waals surface area contributed by atoms with Gasteiger partial charge in [0.2, 0.25) is 0 Å². The Morgan fingerprint density at radius 1 is 1.31 bits per heavy atom. The van der Waals surface area contributed by atoms with E-state index in [1.54, 1.807) is 0 Å². The summed E-state index contributed by atoms with van der Waals surface area (Å²) in [4.78, 5) is 6.88. The van der Waals surface area contributed by atoms with E-state index in [1.165, 1.54) is 31.2 Å². The van der Waals surface area contributed by atoms with Crippen molar-refractivity contribution in [1.29, 1.82) is 0 Å². The monoisotopic (exact) mass is 415 g/mol. The number of nitrogens with one attached hydrogen (secondary N) is 1. The van der Waals surface area contributed by atoms with Crippen molar-refractivity contribution in [3.05, 3.63) is 52.8 Å². The lowest BCUT2D eigenvalue weighted by atomic mass is 9.79. The lowest BCUT2D eigenvalue weighted by molar-refractivity contribution is -0.00811. The Labute approximate surface area is 177 Å². The van der Waals surface area contributed by atoms with Crippen molar-refractivity contribution in [1.82, 2.24) is 20.0 Å². The van der Waals surface area contributed by atoms with Gasteiger partial charge in [-0.1, -0.05) is 36.6 Å². The SMILES string of the molecule is CN=C(NCC1(c2ccc(Cl)cc2)CCCC1)N1CCOC(c2cnn(C)c2)C1. The molecule has 2 fully saturated rings. The minimum absolute atomic E-state index is 0.0210. The van der Waals surface area contributed by atoms with Gasteiger partial charge >= 0.3 is 0 Å². The molecule has 6 nitrogen and oxygen atoms in total. The Kier molecular flexibility index (Phi) is 6.11. The highest BCUT2D eigenvalue weighted by molar-refractivity contribution is 6.30. The maximum Gasteiger partial charge on any atom is 0.193 e. The van der Waals surface area contributed by atoms with Gasteiger partial charge in [0, 0.05) is 49.4 Å².